The molecule has 2 aliphatic heterocycles. The Kier molecular flexibility index (Phi) is 13.4. The number of hydrogen-bond donors (Lipinski definition) is 0. The predicted molar refractivity (Wildman–Crippen MR) is 104 cm³/mol. The van der Waals surface area contributed by atoms with Crippen molar-refractivity contribution in [3.05, 3.63) is 0 Å². The minimum absolute atomic E-state index is 0.0475. The molecule has 0 spiro atoms. The third-order valence-electron chi connectivity index (χ3n) is 4.72. The van der Waals surface area contributed by atoms with Crippen LogP contribution in [0.15, 0.2) is 0 Å². The molecule has 0 N–H and O–H groups in total. The van der Waals surface area contributed by atoms with Crippen LogP contribution in [0, 0.1) is 0 Å². The Hall–Kier alpha value is -0.240. The monoisotopic (exact) mass is 388 g/mol. The molecule has 2 unspecified atom stereocenters. The van der Waals surface area contributed by atoms with Gasteiger partial charge in [-0.05, 0) is 32.1 Å². The standard InChI is InChI=1S/C21H40O6/c1-2-21(24-13-9-5-3-7-11-22-15-19-17-26-19)25-14-10-6-4-8-12-23-16-20-18-27-20/h19-21H,2-18H2,1H3. The smallest absolute Gasteiger partial charge is 0.157 e. The number of rotatable bonds is 21. The lowest BCUT2D eigenvalue weighted by atomic mass is 10.2. The molecule has 0 aromatic rings. The van der Waals surface area contributed by atoms with Crippen LogP contribution < -0.4 is 0 Å². The Balaban J connectivity index is 1.25. The van der Waals surface area contributed by atoms with Crippen molar-refractivity contribution >= 4 is 0 Å². The van der Waals surface area contributed by atoms with E-state index in [9.17, 15) is 0 Å². The van der Waals surface area contributed by atoms with Gasteiger partial charge in [-0.15, -0.1) is 0 Å². The first-order valence-corrected chi connectivity index (χ1v) is 11.0. The molecular weight excluding hydrogens is 348 g/mol. The van der Waals surface area contributed by atoms with Gasteiger partial charge >= 0.3 is 0 Å². The van der Waals surface area contributed by atoms with Gasteiger partial charge in [-0.2, -0.15) is 0 Å². The molecule has 2 aliphatic rings. The normalized spacial score (nSPS) is 22.1. The second-order valence-corrected chi connectivity index (χ2v) is 7.47. The van der Waals surface area contributed by atoms with E-state index in [1.165, 1.54) is 25.7 Å². The van der Waals surface area contributed by atoms with E-state index >= 15 is 0 Å². The van der Waals surface area contributed by atoms with E-state index in [1.807, 2.05) is 0 Å². The summed E-state index contributed by atoms with van der Waals surface area (Å²) in [6, 6.07) is 0. The molecule has 2 fully saturated rings. The first-order chi connectivity index (χ1) is 13.4. The zero-order valence-corrected chi connectivity index (χ0v) is 17.2. The molecule has 0 aliphatic carbocycles. The van der Waals surface area contributed by atoms with Gasteiger partial charge in [0.1, 0.15) is 12.2 Å². The lowest BCUT2D eigenvalue weighted by molar-refractivity contribution is -0.144. The lowest BCUT2D eigenvalue weighted by Crippen LogP contribution is -2.17. The highest BCUT2D eigenvalue weighted by Gasteiger charge is 2.22. The van der Waals surface area contributed by atoms with Gasteiger partial charge in [0.05, 0.1) is 26.4 Å². The molecule has 0 aromatic heterocycles. The van der Waals surface area contributed by atoms with Crippen molar-refractivity contribution in [3.8, 4) is 0 Å². The first-order valence-electron chi connectivity index (χ1n) is 11.0. The van der Waals surface area contributed by atoms with Gasteiger partial charge in [-0.3, -0.25) is 0 Å². The van der Waals surface area contributed by atoms with Gasteiger partial charge in [0.2, 0.25) is 0 Å². The Morgan fingerprint density at radius 3 is 1.44 bits per heavy atom. The van der Waals surface area contributed by atoms with Gasteiger partial charge in [0, 0.05) is 26.4 Å². The molecule has 0 bridgehead atoms. The third kappa shape index (κ3) is 14.4. The maximum atomic E-state index is 5.84. The van der Waals surface area contributed by atoms with E-state index in [1.54, 1.807) is 0 Å². The third-order valence-corrected chi connectivity index (χ3v) is 4.72. The van der Waals surface area contributed by atoms with Crippen LogP contribution in [0.25, 0.3) is 0 Å². The summed E-state index contributed by atoms with van der Waals surface area (Å²) in [5.41, 5.74) is 0. The fourth-order valence-corrected chi connectivity index (χ4v) is 2.79. The van der Waals surface area contributed by atoms with Crippen molar-refractivity contribution in [3.63, 3.8) is 0 Å². The maximum absolute atomic E-state index is 5.84. The van der Waals surface area contributed by atoms with Crippen molar-refractivity contribution in [1.82, 2.24) is 0 Å². The van der Waals surface area contributed by atoms with Crippen LogP contribution in [0.2, 0.25) is 0 Å². The molecule has 0 radical (unpaired) electrons. The van der Waals surface area contributed by atoms with Crippen LogP contribution in [0.3, 0.4) is 0 Å². The van der Waals surface area contributed by atoms with E-state index in [0.29, 0.717) is 12.2 Å². The quantitative estimate of drug-likeness (QED) is 0.170. The number of unbranched alkanes of at least 4 members (excludes halogenated alkanes) is 6. The fraction of sp³-hybridized carbons (Fsp3) is 1.00. The summed E-state index contributed by atoms with van der Waals surface area (Å²) < 4.78 is 33.0. The minimum Gasteiger partial charge on any atom is -0.379 e. The summed E-state index contributed by atoms with van der Waals surface area (Å²) in [6.45, 7) is 8.68. The lowest BCUT2D eigenvalue weighted by Gasteiger charge is -2.17. The van der Waals surface area contributed by atoms with E-state index in [4.69, 9.17) is 28.4 Å². The largest absolute Gasteiger partial charge is 0.379 e. The number of ether oxygens (including phenoxy) is 6. The van der Waals surface area contributed by atoms with Gasteiger partial charge in [0.25, 0.3) is 0 Å². The van der Waals surface area contributed by atoms with Gasteiger partial charge in [0.15, 0.2) is 6.29 Å². The fourth-order valence-electron chi connectivity index (χ4n) is 2.79. The van der Waals surface area contributed by atoms with Crippen LogP contribution in [0.4, 0.5) is 0 Å². The summed E-state index contributed by atoms with van der Waals surface area (Å²) in [4.78, 5) is 0. The molecule has 2 rings (SSSR count). The first kappa shape index (κ1) is 23.0. The summed E-state index contributed by atoms with van der Waals surface area (Å²) in [5.74, 6) is 0. The van der Waals surface area contributed by atoms with E-state index in [-0.39, 0.29) is 6.29 Å². The molecule has 2 saturated heterocycles. The van der Waals surface area contributed by atoms with Gasteiger partial charge in [-0.25, -0.2) is 0 Å². The van der Waals surface area contributed by atoms with Crippen molar-refractivity contribution in [1.29, 1.82) is 0 Å². The van der Waals surface area contributed by atoms with Gasteiger partial charge in [-0.1, -0.05) is 32.6 Å². The molecular formula is C21H40O6. The molecule has 0 aromatic carbocycles. The Labute approximate surface area is 165 Å². The second kappa shape index (κ2) is 15.7. The van der Waals surface area contributed by atoms with E-state index < -0.39 is 0 Å². The Morgan fingerprint density at radius 2 is 1.07 bits per heavy atom. The second-order valence-electron chi connectivity index (χ2n) is 7.47. The molecule has 6 heteroatoms. The number of hydrogen-bond acceptors (Lipinski definition) is 6. The molecule has 0 saturated carbocycles. The van der Waals surface area contributed by atoms with Crippen LogP contribution in [-0.2, 0) is 28.4 Å². The zero-order valence-electron chi connectivity index (χ0n) is 17.2. The molecule has 0 amide bonds. The molecule has 2 atom stereocenters. The van der Waals surface area contributed by atoms with Crippen molar-refractivity contribution < 1.29 is 28.4 Å². The van der Waals surface area contributed by atoms with E-state index in [2.05, 4.69) is 6.92 Å². The summed E-state index contributed by atoms with van der Waals surface area (Å²) in [5, 5.41) is 0. The molecule has 160 valence electrons. The summed E-state index contributed by atoms with van der Waals surface area (Å²) in [6.07, 6.45) is 10.8. The van der Waals surface area contributed by atoms with Gasteiger partial charge < -0.3 is 28.4 Å². The van der Waals surface area contributed by atoms with Crippen LogP contribution in [0.1, 0.15) is 64.7 Å². The highest BCUT2D eigenvalue weighted by atomic mass is 16.7. The van der Waals surface area contributed by atoms with Crippen molar-refractivity contribution in [2.45, 2.75) is 83.2 Å². The molecule has 6 nitrogen and oxygen atoms in total. The minimum atomic E-state index is -0.0475. The molecule has 27 heavy (non-hydrogen) atoms. The molecule has 2 heterocycles. The Bertz CT molecular complexity index is 303. The van der Waals surface area contributed by atoms with E-state index in [0.717, 1.165) is 85.0 Å². The van der Waals surface area contributed by atoms with Crippen LogP contribution in [-0.4, -0.2) is 71.4 Å². The summed E-state index contributed by atoms with van der Waals surface area (Å²) >= 11 is 0. The topological polar surface area (TPSA) is 62.0 Å². The maximum Gasteiger partial charge on any atom is 0.157 e. The van der Waals surface area contributed by atoms with Crippen LogP contribution >= 0.6 is 0 Å². The number of epoxide rings is 2. The van der Waals surface area contributed by atoms with Crippen molar-refractivity contribution in [2.75, 3.05) is 52.9 Å². The summed E-state index contributed by atoms with van der Waals surface area (Å²) in [7, 11) is 0. The SMILES string of the molecule is CCC(OCCCCCCOCC1CO1)OCCCCCCOCC1CO1. The van der Waals surface area contributed by atoms with Crippen molar-refractivity contribution in [2.24, 2.45) is 0 Å². The average molecular weight is 389 g/mol. The zero-order chi connectivity index (χ0) is 19.0. The highest BCUT2D eigenvalue weighted by molar-refractivity contribution is 4.67. The highest BCUT2D eigenvalue weighted by Crippen LogP contribution is 2.11. The predicted octanol–water partition coefficient (Wildman–Crippen LogP) is 3.71. The Morgan fingerprint density at radius 1 is 0.667 bits per heavy atom. The average Bonchev–Trinajstić information content (AvgIpc) is 3.58. The van der Waals surface area contributed by atoms with Crippen LogP contribution in [0.5, 0.6) is 0 Å².